The second-order valence-corrected chi connectivity index (χ2v) is 10.1. The molecule has 2 aromatic carbocycles. The van der Waals surface area contributed by atoms with E-state index in [2.05, 4.69) is 16.0 Å². The topological polar surface area (TPSA) is 261 Å². The smallest absolute Gasteiger partial charge is 0.326 e. The highest BCUT2D eigenvalue weighted by Crippen LogP contribution is 2.27. The minimum atomic E-state index is -1.65. The summed E-state index contributed by atoms with van der Waals surface area (Å²) in [7, 11) is 0. The number of fused-ring (bicyclic) bond motifs is 1. The van der Waals surface area contributed by atoms with Crippen LogP contribution in [0.25, 0.3) is 10.8 Å². The summed E-state index contributed by atoms with van der Waals surface area (Å²) >= 11 is 0. The van der Waals surface area contributed by atoms with Crippen molar-refractivity contribution in [3.8, 4) is 0 Å². The number of carbonyl (C=O) groups excluding carboxylic acids is 3. The number of carboxylic acids is 2. The molecule has 0 radical (unpaired) electrons. The van der Waals surface area contributed by atoms with E-state index in [0.717, 1.165) is 0 Å². The second-order valence-electron chi connectivity index (χ2n) is 10.1. The van der Waals surface area contributed by atoms with E-state index >= 15 is 0 Å². The minimum absolute atomic E-state index is 0.0145. The predicted octanol–water partition coefficient (Wildman–Crippen LogP) is -1.46. The highest BCUT2D eigenvalue weighted by atomic mass is 16.7. The molecule has 2 aromatic rings. The lowest BCUT2D eigenvalue weighted by molar-refractivity contribution is -0.300. The van der Waals surface area contributed by atoms with Gasteiger partial charge in [0, 0.05) is 6.42 Å². The van der Waals surface area contributed by atoms with E-state index in [1.54, 1.807) is 30.3 Å². The van der Waals surface area contributed by atoms with E-state index in [0.29, 0.717) is 10.8 Å². The summed E-state index contributed by atoms with van der Waals surface area (Å²) < 4.78 is 10.5. The van der Waals surface area contributed by atoms with Gasteiger partial charge < -0.3 is 56.1 Å². The monoisotopic (exact) mass is 621 g/mol. The SMILES string of the molecule is CC(NC(=O)CCOC1OC(CO)C(O)C(O)C1O)C(=O)Nc1ccc2ccccc2c1C(=O)NC(CCC(=O)O)C(=O)O. The molecule has 1 saturated heterocycles. The van der Waals surface area contributed by atoms with Crippen LogP contribution in [0.15, 0.2) is 36.4 Å². The molecule has 1 aliphatic heterocycles. The molecule has 1 aliphatic rings. The van der Waals surface area contributed by atoms with Crippen molar-refractivity contribution in [3.63, 3.8) is 0 Å². The Hall–Kier alpha value is -4.19. The number of aliphatic hydroxyl groups excluding tert-OH is 4. The van der Waals surface area contributed by atoms with E-state index < -0.39 is 85.5 Å². The van der Waals surface area contributed by atoms with Crippen LogP contribution in [0, 0.1) is 0 Å². The summed E-state index contributed by atoms with van der Waals surface area (Å²) in [5.41, 5.74) is -0.0508. The van der Waals surface area contributed by atoms with Crippen molar-refractivity contribution in [3.05, 3.63) is 42.0 Å². The van der Waals surface area contributed by atoms with Crippen LogP contribution in [0.2, 0.25) is 0 Å². The molecule has 7 unspecified atom stereocenters. The molecule has 0 saturated carbocycles. The predicted molar refractivity (Wildman–Crippen MR) is 150 cm³/mol. The van der Waals surface area contributed by atoms with Gasteiger partial charge >= 0.3 is 11.9 Å². The van der Waals surface area contributed by atoms with Crippen LogP contribution in [0.5, 0.6) is 0 Å². The van der Waals surface area contributed by atoms with E-state index in [-0.39, 0.29) is 30.7 Å². The Bertz CT molecular complexity index is 1370. The van der Waals surface area contributed by atoms with Gasteiger partial charge in [-0.3, -0.25) is 19.2 Å². The summed E-state index contributed by atoms with van der Waals surface area (Å²) in [6.45, 7) is 0.409. The Morgan fingerprint density at radius 3 is 2.30 bits per heavy atom. The lowest BCUT2D eigenvalue weighted by Crippen LogP contribution is -2.59. The minimum Gasteiger partial charge on any atom is -0.481 e. The van der Waals surface area contributed by atoms with E-state index in [1.807, 2.05) is 0 Å². The number of anilines is 1. The van der Waals surface area contributed by atoms with Crippen LogP contribution in [0.4, 0.5) is 5.69 Å². The standard InChI is InChI=1S/C28H35N3O13/c1-13(29-19(33)10-11-43-28-24(38)23(37)22(36)18(12-32)44-28)25(39)30-16-7-6-14-4-2-3-5-15(14)21(16)26(40)31-17(27(41)42)8-9-20(34)35/h2-7,13,17-18,22-24,28,32,36-38H,8-12H2,1H3,(H,29,33)(H,30,39)(H,31,40)(H,34,35)(H,41,42). The molecule has 240 valence electrons. The Labute approximate surface area is 250 Å². The Morgan fingerprint density at radius 1 is 0.932 bits per heavy atom. The zero-order chi connectivity index (χ0) is 32.6. The van der Waals surface area contributed by atoms with E-state index in [9.17, 15) is 49.5 Å². The number of aliphatic carboxylic acids is 2. The second kappa shape index (κ2) is 15.5. The van der Waals surface area contributed by atoms with Gasteiger partial charge in [0.25, 0.3) is 5.91 Å². The van der Waals surface area contributed by atoms with Gasteiger partial charge in [0.2, 0.25) is 11.8 Å². The maximum Gasteiger partial charge on any atom is 0.326 e. The highest BCUT2D eigenvalue weighted by Gasteiger charge is 2.44. The zero-order valence-corrected chi connectivity index (χ0v) is 23.6. The lowest BCUT2D eigenvalue weighted by Gasteiger charge is -2.39. The van der Waals surface area contributed by atoms with Crippen molar-refractivity contribution in [1.29, 1.82) is 0 Å². The molecule has 1 fully saturated rings. The van der Waals surface area contributed by atoms with Gasteiger partial charge in [0.15, 0.2) is 6.29 Å². The summed E-state index contributed by atoms with van der Waals surface area (Å²) in [5, 5.41) is 65.6. The first-order valence-corrected chi connectivity index (χ1v) is 13.6. The third-order valence-electron chi connectivity index (χ3n) is 6.89. The Balaban J connectivity index is 1.65. The number of carbonyl (C=O) groups is 5. The third kappa shape index (κ3) is 8.68. The maximum atomic E-state index is 13.3. The van der Waals surface area contributed by atoms with Gasteiger partial charge in [0.1, 0.15) is 36.5 Å². The average Bonchev–Trinajstić information content (AvgIpc) is 2.98. The van der Waals surface area contributed by atoms with E-state index in [1.165, 1.54) is 13.0 Å². The molecule has 1 heterocycles. The number of rotatable bonds is 14. The fourth-order valence-electron chi connectivity index (χ4n) is 4.47. The molecular formula is C28H35N3O13. The van der Waals surface area contributed by atoms with Crippen molar-refractivity contribution in [1.82, 2.24) is 10.6 Å². The van der Waals surface area contributed by atoms with Crippen LogP contribution in [-0.2, 0) is 28.7 Å². The third-order valence-corrected chi connectivity index (χ3v) is 6.89. The first-order chi connectivity index (χ1) is 20.8. The number of amides is 3. The molecule has 3 rings (SSSR count). The van der Waals surface area contributed by atoms with Gasteiger partial charge in [0.05, 0.1) is 30.9 Å². The number of benzene rings is 2. The molecule has 7 atom stereocenters. The molecule has 0 aliphatic carbocycles. The normalized spacial score (nSPS) is 22.9. The molecule has 0 aromatic heterocycles. The largest absolute Gasteiger partial charge is 0.481 e. The Morgan fingerprint density at radius 2 is 1.64 bits per heavy atom. The number of ether oxygens (including phenoxy) is 2. The molecule has 3 amide bonds. The number of nitrogens with one attached hydrogen (secondary N) is 3. The molecule has 16 nitrogen and oxygen atoms in total. The van der Waals surface area contributed by atoms with Crippen molar-refractivity contribution in [2.45, 2.75) is 69.0 Å². The lowest BCUT2D eigenvalue weighted by atomic mass is 9.99. The van der Waals surface area contributed by atoms with Gasteiger partial charge in [-0.25, -0.2) is 4.79 Å². The summed E-state index contributed by atoms with van der Waals surface area (Å²) in [5.74, 6) is -4.90. The van der Waals surface area contributed by atoms with Crippen LogP contribution < -0.4 is 16.0 Å². The highest BCUT2D eigenvalue weighted by molar-refractivity contribution is 6.14. The zero-order valence-electron chi connectivity index (χ0n) is 23.6. The number of carboxylic acid groups (broad SMARTS) is 2. The molecule has 0 bridgehead atoms. The summed E-state index contributed by atoms with van der Waals surface area (Å²) in [6, 6.07) is 7.07. The molecule has 9 N–H and O–H groups in total. The molecule has 16 heteroatoms. The van der Waals surface area contributed by atoms with Gasteiger partial charge in [-0.15, -0.1) is 0 Å². The van der Waals surface area contributed by atoms with Crippen LogP contribution in [-0.4, -0.2) is 116 Å². The van der Waals surface area contributed by atoms with Gasteiger partial charge in [-0.1, -0.05) is 30.3 Å². The van der Waals surface area contributed by atoms with Crippen LogP contribution in [0.1, 0.15) is 36.5 Å². The Kier molecular flexibility index (Phi) is 12.1. The number of hydrogen-bond donors (Lipinski definition) is 9. The first kappa shape index (κ1) is 34.3. The van der Waals surface area contributed by atoms with Crippen molar-refractivity contribution < 1.29 is 64.1 Å². The molecule has 0 spiro atoms. The van der Waals surface area contributed by atoms with Gasteiger partial charge in [-0.2, -0.15) is 0 Å². The van der Waals surface area contributed by atoms with Crippen LogP contribution >= 0.6 is 0 Å². The fourth-order valence-corrected chi connectivity index (χ4v) is 4.47. The number of aliphatic hydroxyl groups is 4. The van der Waals surface area contributed by atoms with Crippen molar-refractivity contribution in [2.24, 2.45) is 0 Å². The molecule has 44 heavy (non-hydrogen) atoms. The summed E-state index contributed by atoms with van der Waals surface area (Å²) in [6.07, 6.45) is -8.64. The maximum absolute atomic E-state index is 13.3. The van der Waals surface area contributed by atoms with Gasteiger partial charge in [-0.05, 0) is 30.2 Å². The van der Waals surface area contributed by atoms with Crippen molar-refractivity contribution >= 4 is 46.1 Å². The summed E-state index contributed by atoms with van der Waals surface area (Å²) in [4.78, 5) is 61.3. The van der Waals surface area contributed by atoms with E-state index in [4.69, 9.17) is 14.6 Å². The van der Waals surface area contributed by atoms with Crippen molar-refractivity contribution in [2.75, 3.05) is 18.5 Å². The number of hydrogen-bond acceptors (Lipinski definition) is 11. The quantitative estimate of drug-likeness (QED) is 0.117. The fraction of sp³-hybridized carbons (Fsp3) is 0.464. The average molecular weight is 622 g/mol. The first-order valence-electron chi connectivity index (χ1n) is 13.6. The molecular weight excluding hydrogens is 586 g/mol. The van der Waals surface area contributed by atoms with Crippen LogP contribution in [0.3, 0.4) is 0 Å².